The summed E-state index contributed by atoms with van der Waals surface area (Å²) >= 11 is 0. The first-order valence-corrected chi connectivity index (χ1v) is 8.22. The van der Waals surface area contributed by atoms with Crippen LogP contribution in [0.1, 0.15) is 18.4 Å². The maximum absolute atomic E-state index is 12.2. The van der Waals surface area contributed by atoms with Crippen LogP contribution in [0, 0.1) is 6.92 Å². The number of ether oxygens (including phenoxy) is 1. The second-order valence-corrected chi connectivity index (χ2v) is 6.07. The smallest absolute Gasteiger partial charge is 0.349 e. The molecule has 0 spiro atoms. The number of aromatic nitrogens is 4. The van der Waals surface area contributed by atoms with Crippen molar-refractivity contribution in [3.8, 4) is 17.3 Å². The lowest BCUT2D eigenvalue weighted by atomic mass is 10.1. The Morgan fingerprint density at radius 3 is 2.73 bits per heavy atom. The lowest BCUT2D eigenvalue weighted by Crippen LogP contribution is -2.29. The van der Waals surface area contributed by atoms with Crippen LogP contribution in [0.15, 0.2) is 21.7 Å². The monoisotopic (exact) mass is 360 g/mol. The molecule has 0 aromatic heterocycles. The summed E-state index contributed by atoms with van der Waals surface area (Å²) in [6.07, 6.45) is -0.157. The molecule has 0 radical (unpaired) electrons. The van der Waals surface area contributed by atoms with Crippen LogP contribution in [0.25, 0.3) is 22.6 Å². The Bertz CT molecular complexity index is 1030. The summed E-state index contributed by atoms with van der Waals surface area (Å²) in [5, 5.41) is 18.9. The number of aromatic amines is 1. The fourth-order valence-corrected chi connectivity index (χ4v) is 2.94. The summed E-state index contributed by atoms with van der Waals surface area (Å²) in [6.45, 7) is 2.03. The van der Waals surface area contributed by atoms with E-state index in [1.807, 2.05) is 6.92 Å². The molecule has 0 bridgehead atoms. The minimum absolute atomic E-state index is 0.0540. The Balaban J connectivity index is 2.27. The molecule has 0 saturated heterocycles. The van der Waals surface area contributed by atoms with Crippen molar-refractivity contribution in [1.29, 1.82) is 0 Å². The fraction of sp³-hybridized carbons (Fsp3) is 0.412. The zero-order valence-corrected chi connectivity index (χ0v) is 14.5. The first-order valence-electron chi connectivity index (χ1n) is 8.22. The molecular formula is C17H20N4O5. The third-order valence-corrected chi connectivity index (χ3v) is 4.27. The number of aryl methyl sites for hydroxylation is 2. The maximum atomic E-state index is 12.2. The van der Waals surface area contributed by atoms with Gasteiger partial charge < -0.3 is 19.5 Å². The van der Waals surface area contributed by atoms with Crippen molar-refractivity contribution in [2.75, 3.05) is 13.7 Å². The first kappa shape index (κ1) is 18.0. The van der Waals surface area contributed by atoms with Gasteiger partial charge in [0.15, 0.2) is 11.5 Å². The quantitative estimate of drug-likeness (QED) is 0.529. The molecule has 2 heterocycles. The van der Waals surface area contributed by atoms with Gasteiger partial charge in [0.2, 0.25) is 0 Å². The van der Waals surface area contributed by atoms with Crippen LogP contribution in [0.5, 0.6) is 5.75 Å². The van der Waals surface area contributed by atoms with E-state index in [9.17, 15) is 14.7 Å². The average Bonchev–Trinajstić information content (AvgIpc) is 2.59. The molecule has 2 aliphatic rings. The van der Waals surface area contributed by atoms with Gasteiger partial charge in [-0.2, -0.15) is 4.98 Å². The summed E-state index contributed by atoms with van der Waals surface area (Å²) in [4.78, 5) is 34.2. The normalized spacial score (nSPS) is 12.6. The van der Waals surface area contributed by atoms with E-state index in [0.29, 0.717) is 29.7 Å². The molecular weight excluding hydrogens is 340 g/mol. The van der Waals surface area contributed by atoms with Gasteiger partial charge in [0, 0.05) is 19.2 Å². The highest BCUT2D eigenvalue weighted by Crippen LogP contribution is 2.28. The van der Waals surface area contributed by atoms with E-state index >= 15 is 0 Å². The van der Waals surface area contributed by atoms with Crippen molar-refractivity contribution in [2.24, 2.45) is 0 Å². The molecule has 0 aliphatic carbocycles. The number of hydrogen-bond acceptors (Lipinski definition) is 7. The Labute approximate surface area is 148 Å². The zero-order chi connectivity index (χ0) is 18.8. The summed E-state index contributed by atoms with van der Waals surface area (Å²) in [5.41, 5.74) is 0.723. The molecule has 0 saturated carbocycles. The van der Waals surface area contributed by atoms with Crippen LogP contribution in [0.2, 0.25) is 0 Å². The highest BCUT2D eigenvalue weighted by atomic mass is 16.5. The first-order chi connectivity index (χ1) is 12.4. The van der Waals surface area contributed by atoms with Crippen molar-refractivity contribution in [3.05, 3.63) is 38.5 Å². The minimum Gasteiger partial charge on any atom is -0.496 e. The van der Waals surface area contributed by atoms with Crippen molar-refractivity contribution < 1.29 is 14.9 Å². The molecule has 9 heteroatoms. The van der Waals surface area contributed by atoms with Gasteiger partial charge in [-0.1, -0.05) is 0 Å². The molecule has 1 aromatic carbocycles. The Kier molecular flexibility index (Phi) is 5.01. The molecule has 9 nitrogen and oxygen atoms in total. The molecule has 26 heavy (non-hydrogen) atoms. The highest BCUT2D eigenvalue weighted by Gasteiger charge is 2.20. The van der Waals surface area contributed by atoms with Gasteiger partial charge in [-0.3, -0.25) is 9.78 Å². The molecule has 3 rings (SSSR count). The van der Waals surface area contributed by atoms with E-state index in [1.54, 1.807) is 23.8 Å². The summed E-state index contributed by atoms with van der Waals surface area (Å²) in [7, 11) is 1.55. The van der Waals surface area contributed by atoms with E-state index in [4.69, 9.17) is 9.84 Å². The van der Waals surface area contributed by atoms with Gasteiger partial charge in [-0.15, -0.1) is 0 Å². The van der Waals surface area contributed by atoms with Gasteiger partial charge in [0.25, 0.3) is 5.56 Å². The summed E-state index contributed by atoms with van der Waals surface area (Å²) < 4.78 is 7.04. The van der Waals surface area contributed by atoms with Crippen LogP contribution in [0.3, 0.4) is 0 Å². The number of aliphatic hydroxyl groups is 2. The lowest BCUT2D eigenvalue weighted by molar-refractivity contribution is 0.121. The maximum Gasteiger partial charge on any atom is 0.349 e. The minimum atomic E-state index is -0.757. The number of methoxy groups -OCH3 is 1. The van der Waals surface area contributed by atoms with Crippen LogP contribution >= 0.6 is 0 Å². The second-order valence-electron chi connectivity index (χ2n) is 6.07. The molecule has 0 fully saturated rings. The standard InChI is InChI=1S/C17H20N4O5/c1-9-7-11-12(8-13(9)26-2)21(5-3-10(23)4-6-22)15-14(18-11)16(24)20-17(25)19-15/h7-8,10,22-23H,3-6H2,1-2H3,(H,20,24,25)/t10-/m0/s1. The second kappa shape index (κ2) is 7.22. The van der Waals surface area contributed by atoms with Crippen LogP contribution < -0.4 is 16.0 Å². The Hall–Kier alpha value is -2.78. The number of rotatable bonds is 6. The van der Waals surface area contributed by atoms with E-state index in [0.717, 1.165) is 5.56 Å². The predicted octanol–water partition coefficient (Wildman–Crippen LogP) is 0.0350. The zero-order valence-electron chi connectivity index (χ0n) is 14.5. The molecule has 1 aromatic rings. The average molecular weight is 360 g/mol. The highest BCUT2D eigenvalue weighted by molar-refractivity contribution is 5.81. The van der Waals surface area contributed by atoms with Crippen molar-refractivity contribution in [3.63, 3.8) is 0 Å². The van der Waals surface area contributed by atoms with Gasteiger partial charge >= 0.3 is 5.69 Å². The molecule has 0 unspecified atom stereocenters. The number of benzene rings is 1. The van der Waals surface area contributed by atoms with E-state index in [2.05, 4.69) is 15.0 Å². The topological polar surface area (TPSA) is 130 Å². The molecule has 2 aliphatic heterocycles. The molecule has 0 amide bonds. The predicted molar refractivity (Wildman–Crippen MR) is 94.7 cm³/mol. The van der Waals surface area contributed by atoms with Crippen LogP contribution in [0.4, 0.5) is 0 Å². The number of nitrogens with one attached hydrogen (secondary N) is 1. The number of fused-ring (bicyclic) bond motifs is 2. The van der Waals surface area contributed by atoms with Gasteiger partial charge in [-0.25, -0.2) is 9.78 Å². The van der Waals surface area contributed by atoms with Crippen molar-refractivity contribution in [2.45, 2.75) is 32.4 Å². The number of H-pyrrole nitrogens is 1. The van der Waals surface area contributed by atoms with Crippen molar-refractivity contribution in [1.82, 2.24) is 19.5 Å². The third kappa shape index (κ3) is 3.31. The molecule has 3 N–H and O–H groups in total. The summed E-state index contributed by atoms with van der Waals surface area (Å²) in [5.74, 6) is 0.781. The lowest BCUT2D eigenvalue weighted by Gasteiger charge is -2.19. The van der Waals surface area contributed by atoms with Gasteiger partial charge in [0.05, 0.1) is 24.2 Å². The van der Waals surface area contributed by atoms with Crippen molar-refractivity contribution >= 4 is 11.0 Å². The van der Waals surface area contributed by atoms with Crippen LogP contribution in [-0.4, -0.2) is 49.6 Å². The Morgan fingerprint density at radius 1 is 1.27 bits per heavy atom. The molecule has 138 valence electrons. The fourth-order valence-electron chi connectivity index (χ4n) is 2.94. The Morgan fingerprint density at radius 2 is 2.04 bits per heavy atom. The number of nitrogens with zero attached hydrogens (tertiary/aromatic N) is 3. The third-order valence-electron chi connectivity index (χ3n) is 4.27. The number of aliphatic hydroxyl groups excluding tert-OH is 2. The SMILES string of the molecule is COc1cc2c(cc1C)nc1c(=O)[nH]c(=O)nc-1n2CC[C@H](O)CCO. The largest absolute Gasteiger partial charge is 0.496 e. The van der Waals surface area contributed by atoms with E-state index in [1.165, 1.54) is 0 Å². The van der Waals surface area contributed by atoms with E-state index in [-0.39, 0.29) is 24.5 Å². The number of hydrogen-bond donors (Lipinski definition) is 3. The molecule has 1 atom stereocenters. The van der Waals surface area contributed by atoms with Gasteiger partial charge in [0.1, 0.15) is 5.75 Å². The summed E-state index contributed by atoms with van der Waals surface area (Å²) in [6, 6.07) is 3.56. The van der Waals surface area contributed by atoms with Crippen LogP contribution in [-0.2, 0) is 6.54 Å². The van der Waals surface area contributed by atoms with E-state index < -0.39 is 17.4 Å². The van der Waals surface area contributed by atoms with Gasteiger partial charge in [-0.05, 0) is 31.4 Å².